The molecule has 0 atom stereocenters. The van der Waals surface area contributed by atoms with E-state index in [0.717, 1.165) is 14.3 Å². The van der Waals surface area contributed by atoms with Gasteiger partial charge in [0.2, 0.25) is 0 Å². The normalized spacial score (nSPS) is 17.7. The van der Waals surface area contributed by atoms with E-state index in [1.54, 1.807) is 0 Å². The molecule has 36 heavy (non-hydrogen) atoms. The van der Waals surface area contributed by atoms with E-state index >= 15 is 0 Å². The van der Waals surface area contributed by atoms with E-state index in [2.05, 4.69) is 90.4 Å². The lowest BCUT2D eigenvalue weighted by molar-refractivity contribution is 0.0223. The summed E-state index contributed by atoms with van der Waals surface area (Å²) in [5.74, 6) is 2.77. The van der Waals surface area contributed by atoms with Gasteiger partial charge in [-0.1, -0.05) is 0 Å². The van der Waals surface area contributed by atoms with Gasteiger partial charge in [-0.3, -0.25) is 0 Å². The maximum absolute atomic E-state index is 5.92. The van der Waals surface area contributed by atoms with E-state index in [1.165, 1.54) is 0 Å². The number of hydrogen-bond donors (Lipinski definition) is 0. The van der Waals surface area contributed by atoms with Crippen LogP contribution in [-0.4, -0.2) is 79.3 Å². The minimum Gasteiger partial charge on any atom is -0.487 e. The van der Waals surface area contributed by atoms with Crippen molar-refractivity contribution in [3.05, 3.63) is 38.5 Å². The second-order valence-electron chi connectivity index (χ2n) is 7.27. The van der Waals surface area contributed by atoms with E-state index in [4.69, 9.17) is 37.9 Å². The van der Waals surface area contributed by atoms with Crippen LogP contribution < -0.4 is 18.9 Å². The zero-order valence-electron chi connectivity index (χ0n) is 19.6. The zero-order valence-corrected chi connectivity index (χ0v) is 28.2. The van der Waals surface area contributed by atoms with Crippen molar-refractivity contribution in [3.8, 4) is 23.0 Å². The Morgan fingerprint density at radius 3 is 0.750 bits per heavy atom. The summed E-state index contributed by atoms with van der Waals surface area (Å²) < 4.78 is 50.6. The number of benzene rings is 2. The van der Waals surface area contributed by atoms with Gasteiger partial charge in [-0.15, -0.1) is 0 Å². The predicted octanol–water partition coefficient (Wildman–Crippen LogP) is 5.40. The van der Waals surface area contributed by atoms with Gasteiger partial charge in [0.1, 0.15) is 26.4 Å². The molecule has 8 nitrogen and oxygen atoms in total. The van der Waals surface area contributed by atoms with Crippen molar-refractivity contribution < 1.29 is 37.9 Å². The molecule has 12 heteroatoms. The molecular weight excluding hydrogens is 924 g/mol. The summed E-state index contributed by atoms with van der Waals surface area (Å²) in [7, 11) is 0. The van der Waals surface area contributed by atoms with Crippen molar-refractivity contribution in [2.75, 3.05) is 79.3 Å². The molecule has 2 aromatic carbocycles. The van der Waals surface area contributed by atoms with Gasteiger partial charge in [0.15, 0.2) is 23.0 Å². The summed E-state index contributed by atoms with van der Waals surface area (Å²) in [6.07, 6.45) is 0. The Bertz CT molecular complexity index is 797. The fourth-order valence-electron chi connectivity index (χ4n) is 2.96. The summed E-state index contributed by atoms with van der Waals surface area (Å²) in [5, 5.41) is 0. The van der Waals surface area contributed by atoms with Crippen LogP contribution in [0.2, 0.25) is 0 Å². The average molecular weight is 952 g/mol. The van der Waals surface area contributed by atoms with Crippen LogP contribution in [0.1, 0.15) is 0 Å². The van der Waals surface area contributed by atoms with Gasteiger partial charge in [0.25, 0.3) is 0 Å². The van der Waals surface area contributed by atoms with Gasteiger partial charge in [-0.25, -0.2) is 0 Å². The summed E-state index contributed by atoms with van der Waals surface area (Å²) in [5.41, 5.74) is 0. The minimum absolute atomic E-state index is 0.415. The predicted molar refractivity (Wildman–Crippen MR) is 169 cm³/mol. The van der Waals surface area contributed by atoms with Crippen LogP contribution in [0.3, 0.4) is 0 Å². The molecule has 0 radical (unpaired) electrons. The Hall–Kier alpha value is 0.400. The van der Waals surface area contributed by atoms with E-state index in [1.807, 2.05) is 24.3 Å². The van der Waals surface area contributed by atoms with E-state index in [0.29, 0.717) is 102 Å². The topological polar surface area (TPSA) is 73.8 Å². The Morgan fingerprint density at radius 2 is 0.528 bits per heavy atom. The second kappa shape index (κ2) is 17.9. The van der Waals surface area contributed by atoms with Crippen LogP contribution in [0.4, 0.5) is 0 Å². The van der Waals surface area contributed by atoms with Crippen LogP contribution >= 0.6 is 90.4 Å². The Morgan fingerprint density at radius 1 is 0.333 bits per heavy atom. The van der Waals surface area contributed by atoms with Crippen molar-refractivity contribution in [1.82, 2.24) is 0 Å². The molecule has 0 saturated heterocycles. The summed E-state index contributed by atoms with van der Waals surface area (Å²) in [6, 6.07) is 7.90. The first-order chi connectivity index (χ1) is 17.5. The van der Waals surface area contributed by atoms with Gasteiger partial charge in [-0.05, 0) is 115 Å². The molecule has 1 aliphatic heterocycles. The van der Waals surface area contributed by atoms with E-state index < -0.39 is 0 Å². The lowest BCUT2D eigenvalue weighted by atomic mass is 10.3. The van der Waals surface area contributed by atoms with Gasteiger partial charge in [-0.2, -0.15) is 0 Å². The highest BCUT2D eigenvalue weighted by Gasteiger charge is 2.12. The minimum atomic E-state index is 0.415. The highest BCUT2D eigenvalue weighted by atomic mass is 127. The first kappa shape index (κ1) is 30.9. The molecule has 0 amide bonds. The van der Waals surface area contributed by atoms with Crippen LogP contribution in [0.5, 0.6) is 23.0 Å². The lowest BCUT2D eigenvalue weighted by Gasteiger charge is -2.15. The molecule has 0 saturated carbocycles. The molecule has 0 N–H and O–H groups in total. The number of halogens is 4. The lowest BCUT2D eigenvalue weighted by Crippen LogP contribution is -2.16. The maximum Gasteiger partial charge on any atom is 0.162 e. The van der Waals surface area contributed by atoms with Crippen molar-refractivity contribution >= 4 is 90.4 Å². The number of fused-ring (bicyclic) bond motifs is 2. The molecule has 0 aromatic heterocycles. The molecule has 0 fully saturated rings. The monoisotopic (exact) mass is 952 g/mol. The molecule has 0 aliphatic carbocycles. The van der Waals surface area contributed by atoms with Crippen LogP contribution in [0.25, 0.3) is 0 Å². The third-order valence-corrected chi connectivity index (χ3v) is 10.3. The summed E-state index contributed by atoms with van der Waals surface area (Å²) in [4.78, 5) is 0. The molecule has 1 aliphatic rings. The summed E-state index contributed by atoms with van der Waals surface area (Å²) >= 11 is 9.14. The third kappa shape index (κ3) is 11.3. The molecule has 0 spiro atoms. The molecule has 0 unspecified atom stereocenters. The van der Waals surface area contributed by atoms with Crippen molar-refractivity contribution in [1.29, 1.82) is 0 Å². The number of hydrogen-bond acceptors (Lipinski definition) is 8. The van der Waals surface area contributed by atoms with Gasteiger partial charge >= 0.3 is 0 Å². The number of ether oxygens (including phenoxy) is 8. The second-order valence-corrected chi connectivity index (χ2v) is 11.9. The molecule has 0 bridgehead atoms. The first-order valence-electron chi connectivity index (χ1n) is 11.3. The standard InChI is InChI=1S/C24H28I4O8/c25-17-13-21-22(14-18(17)26)35-11-7-31-3-4-32-8-12-36-24-16-20(28)19(27)15-23(24)34-10-6-30-2-1-29-5-9-33-21/h13-16H,1-12H2. The van der Waals surface area contributed by atoms with Gasteiger partial charge in [0, 0.05) is 14.3 Å². The van der Waals surface area contributed by atoms with Crippen molar-refractivity contribution in [3.63, 3.8) is 0 Å². The smallest absolute Gasteiger partial charge is 0.162 e. The molecule has 3 rings (SSSR count). The average Bonchev–Trinajstić information content (AvgIpc) is 2.85. The molecule has 2 aromatic rings. The SMILES string of the molecule is Ic1cc2c(cc1I)OCCOCCOCCOc1cc(I)c(I)cc1OCCOCCOCCO2. The zero-order chi connectivity index (χ0) is 25.6. The van der Waals surface area contributed by atoms with E-state index in [-0.39, 0.29) is 0 Å². The highest BCUT2D eigenvalue weighted by molar-refractivity contribution is 14.1. The van der Waals surface area contributed by atoms with Crippen molar-refractivity contribution in [2.45, 2.75) is 0 Å². The van der Waals surface area contributed by atoms with Gasteiger partial charge < -0.3 is 37.9 Å². The van der Waals surface area contributed by atoms with Crippen LogP contribution in [-0.2, 0) is 18.9 Å². The molecular formula is C24H28I4O8. The first-order valence-corrected chi connectivity index (χ1v) is 15.7. The molecule has 200 valence electrons. The van der Waals surface area contributed by atoms with E-state index in [9.17, 15) is 0 Å². The highest BCUT2D eigenvalue weighted by Crippen LogP contribution is 2.33. The summed E-state index contributed by atoms with van der Waals surface area (Å²) in [6.45, 7) is 5.37. The Labute approximate surface area is 266 Å². The van der Waals surface area contributed by atoms with Gasteiger partial charge in [0.05, 0.1) is 52.9 Å². The fraction of sp³-hybridized carbons (Fsp3) is 0.500. The quantitative estimate of drug-likeness (QED) is 0.326. The van der Waals surface area contributed by atoms with Crippen LogP contribution in [0, 0.1) is 14.3 Å². The fourth-order valence-corrected chi connectivity index (χ4v) is 4.71. The third-order valence-electron chi connectivity index (χ3n) is 4.66. The van der Waals surface area contributed by atoms with Crippen LogP contribution in [0.15, 0.2) is 24.3 Å². The Balaban J connectivity index is 1.52. The largest absolute Gasteiger partial charge is 0.487 e. The Kier molecular flexibility index (Phi) is 15.4. The number of rotatable bonds is 0. The maximum atomic E-state index is 5.92. The molecule has 1 heterocycles. The van der Waals surface area contributed by atoms with Crippen molar-refractivity contribution in [2.24, 2.45) is 0 Å².